The van der Waals surface area contributed by atoms with Gasteiger partial charge in [0.05, 0.1) is 34.0 Å². The first kappa shape index (κ1) is 27.2. The summed E-state index contributed by atoms with van der Waals surface area (Å²) in [5.74, 6) is -1.33. The number of aliphatic hydroxyl groups excluding tert-OH is 1. The molecule has 2 amide bonds. The molecular formula is C23H37NO9. The van der Waals surface area contributed by atoms with Crippen molar-refractivity contribution in [1.29, 1.82) is 0 Å². The van der Waals surface area contributed by atoms with Crippen LogP contribution in [0.3, 0.4) is 0 Å². The van der Waals surface area contributed by atoms with Crippen molar-refractivity contribution in [3.05, 3.63) is 0 Å². The summed E-state index contributed by atoms with van der Waals surface area (Å²) < 4.78 is 20.7. The molecule has 2 N–H and O–H groups in total. The number of methoxy groups -OCH3 is 2. The minimum absolute atomic E-state index is 0.00399. The molecule has 4 atom stereocenters. The van der Waals surface area contributed by atoms with Gasteiger partial charge in [-0.05, 0) is 37.5 Å². The van der Waals surface area contributed by atoms with E-state index in [0.717, 1.165) is 6.42 Å². The molecule has 3 rings (SSSR count). The number of nitrogens with one attached hydrogen (secondary N) is 1. The van der Waals surface area contributed by atoms with Gasteiger partial charge in [-0.3, -0.25) is 19.7 Å². The quantitative estimate of drug-likeness (QED) is 0.433. The van der Waals surface area contributed by atoms with Crippen LogP contribution in [0.5, 0.6) is 0 Å². The third kappa shape index (κ3) is 6.10. The summed E-state index contributed by atoms with van der Waals surface area (Å²) in [5, 5.41) is 11.5. The van der Waals surface area contributed by atoms with Crippen LogP contribution in [0.4, 0.5) is 0 Å². The smallest absolute Gasteiger partial charge is 0.338 e. The van der Waals surface area contributed by atoms with Gasteiger partial charge < -0.3 is 24.1 Å². The molecule has 3 fully saturated rings. The molecule has 3 aliphatic heterocycles. The molecular weight excluding hydrogens is 434 g/mol. The second-order valence-corrected chi connectivity index (χ2v) is 10.00. The van der Waals surface area contributed by atoms with Crippen LogP contribution in [-0.4, -0.2) is 74.1 Å². The molecule has 3 saturated heterocycles. The van der Waals surface area contributed by atoms with Gasteiger partial charge in [-0.25, -0.2) is 4.79 Å². The number of rotatable bonds is 6. The minimum Gasteiger partial charge on any atom is -0.469 e. The molecule has 3 heterocycles. The van der Waals surface area contributed by atoms with Gasteiger partial charge in [0, 0.05) is 18.3 Å². The van der Waals surface area contributed by atoms with Crippen molar-refractivity contribution in [2.45, 2.75) is 76.9 Å². The maximum absolute atomic E-state index is 11.9. The van der Waals surface area contributed by atoms with Gasteiger partial charge in [-0.1, -0.05) is 20.8 Å². The number of aliphatic hydroxyl groups is 1. The average Bonchev–Trinajstić information content (AvgIpc) is 3.35. The number of imide groups is 1. The lowest BCUT2D eigenvalue weighted by Crippen LogP contribution is -2.53. The third-order valence-electron chi connectivity index (χ3n) is 6.99. The van der Waals surface area contributed by atoms with E-state index in [2.05, 4.69) is 23.9 Å². The van der Waals surface area contributed by atoms with Gasteiger partial charge in [0.25, 0.3) is 5.91 Å². The molecule has 0 saturated carbocycles. The summed E-state index contributed by atoms with van der Waals surface area (Å²) in [4.78, 5) is 45.9. The molecule has 188 valence electrons. The highest BCUT2D eigenvalue weighted by Crippen LogP contribution is 2.45. The molecule has 4 unspecified atom stereocenters. The molecule has 1 spiro atoms. The summed E-state index contributed by atoms with van der Waals surface area (Å²) in [6, 6.07) is 0. The van der Waals surface area contributed by atoms with Gasteiger partial charge in [-0.15, -0.1) is 0 Å². The number of carbonyl (C=O) groups is 4. The average molecular weight is 472 g/mol. The van der Waals surface area contributed by atoms with Crippen molar-refractivity contribution in [2.75, 3.05) is 34.0 Å². The molecule has 10 heteroatoms. The first-order valence-electron chi connectivity index (χ1n) is 11.3. The molecule has 0 radical (unpaired) electrons. The van der Waals surface area contributed by atoms with E-state index in [0.29, 0.717) is 45.3 Å². The Morgan fingerprint density at radius 3 is 2.21 bits per heavy atom. The predicted molar refractivity (Wildman–Crippen MR) is 116 cm³/mol. The van der Waals surface area contributed by atoms with E-state index < -0.39 is 17.2 Å². The number of carbonyl (C=O) groups excluding carboxylic acids is 4. The van der Waals surface area contributed by atoms with E-state index in [9.17, 15) is 24.3 Å². The fourth-order valence-electron chi connectivity index (χ4n) is 4.56. The zero-order valence-electron chi connectivity index (χ0n) is 20.3. The lowest BCUT2D eigenvalue weighted by atomic mass is 9.79. The standard InChI is InChI=1S/C13H22O5.C10H15NO4/c1-5-12(2)8-13(18-9-12,11(15)17-4)7-6-10(14)16-3;1-9(5-12)4-10(15-6-9)3-2-7(13)11-8(10)14/h5-9H2,1-4H3;12H,2-6H2,1H3,(H,11,13,14). The van der Waals surface area contributed by atoms with Crippen LogP contribution in [0.25, 0.3) is 0 Å². The van der Waals surface area contributed by atoms with Crippen LogP contribution >= 0.6 is 0 Å². The Bertz CT molecular complexity index is 771. The maximum Gasteiger partial charge on any atom is 0.338 e. The van der Waals surface area contributed by atoms with Gasteiger partial charge in [0.1, 0.15) is 5.60 Å². The molecule has 0 aliphatic carbocycles. The summed E-state index contributed by atoms with van der Waals surface area (Å²) in [6.45, 7) is 6.90. The highest BCUT2D eigenvalue weighted by Gasteiger charge is 2.54. The SMILES string of the molecule is CC1(CO)COC2(CCC(=O)NC2=O)C1.CCC1(C)COC(CCC(=O)OC)(C(=O)OC)C1. The lowest BCUT2D eigenvalue weighted by Gasteiger charge is -2.31. The number of esters is 2. The van der Waals surface area contributed by atoms with Crippen LogP contribution in [0.2, 0.25) is 0 Å². The van der Waals surface area contributed by atoms with Crippen molar-refractivity contribution < 1.29 is 43.2 Å². The number of hydrogen-bond donors (Lipinski definition) is 2. The normalized spacial score (nSPS) is 35.6. The van der Waals surface area contributed by atoms with Crippen LogP contribution < -0.4 is 5.32 Å². The molecule has 0 aromatic rings. The highest BCUT2D eigenvalue weighted by molar-refractivity contribution is 6.02. The van der Waals surface area contributed by atoms with Gasteiger partial charge in [0.2, 0.25) is 5.91 Å². The van der Waals surface area contributed by atoms with Crippen LogP contribution in [-0.2, 0) is 38.1 Å². The Morgan fingerprint density at radius 1 is 1.06 bits per heavy atom. The van der Waals surface area contributed by atoms with Crippen LogP contribution in [0.15, 0.2) is 0 Å². The zero-order valence-corrected chi connectivity index (χ0v) is 20.3. The lowest BCUT2D eigenvalue weighted by molar-refractivity contribution is -0.165. The first-order chi connectivity index (χ1) is 15.4. The number of piperidine rings is 1. The molecule has 0 bridgehead atoms. The molecule has 0 aromatic heterocycles. The minimum atomic E-state index is -0.992. The second-order valence-electron chi connectivity index (χ2n) is 10.00. The van der Waals surface area contributed by atoms with Crippen molar-refractivity contribution in [3.8, 4) is 0 Å². The van der Waals surface area contributed by atoms with Crippen molar-refractivity contribution in [2.24, 2.45) is 10.8 Å². The van der Waals surface area contributed by atoms with E-state index in [4.69, 9.17) is 14.2 Å². The molecule has 0 aromatic carbocycles. The van der Waals surface area contributed by atoms with Gasteiger partial charge in [0.15, 0.2) is 5.60 Å². The Balaban J connectivity index is 0.000000237. The van der Waals surface area contributed by atoms with Crippen LogP contribution in [0, 0.1) is 10.8 Å². The van der Waals surface area contributed by atoms with E-state index >= 15 is 0 Å². The first-order valence-corrected chi connectivity index (χ1v) is 11.3. The Hall–Kier alpha value is -2.04. The van der Waals surface area contributed by atoms with E-state index in [1.165, 1.54) is 14.2 Å². The summed E-state index contributed by atoms with van der Waals surface area (Å²) in [7, 11) is 2.67. The molecule has 33 heavy (non-hydrogen) atoms. The Kier molecular flexibility index (Phi) is 8.64. The zero-order chi connectivity index (χ0) is 24.9. The maximum atomic E-state index is 11.9. The largest absolute Gasteiger partial charge is 0.469 e. The summed E-state index contributed by atoms with van der Waals surface area (Å²) in [6.07, 6.45) is 3.19. The van der Waals surface area contributed by atoms with Crippen LogP contribution in [0.1, 0.15) is 65.7 Å². The third-order valence-corrected chi connectivity index (χ3v) is 6.99. The molecule has 10 nitrogen and oxygen atoms in total. The highest BCUT2D eigenvalue weighted by atomic mass is 16.6. The second kappa shape index (κ2) is 10.5. The van der Waals surface area contributed by atoms with E-state index in [1.54, 1.807) is 0 Å². The number of ether oxygens (including phenoxy) is 4. The van der Waals surface area contributed by atoms with E-state index in [1.807, 2.05) is 6.92 Å². The van der Waals surface area contributed by atoms with E-state index in [-0.39, 0.29) is 41.6 Å². The van der Waals surface area contributed by atoms with Crippen molar-refractivity contribution in [1.82, 2.24) is 5.32 Å². The topological polar surface area (TPSA) is 137 Å². The number of hydrogen-bond acceptors (Lipinski definition) is 9. The monoisotopic (exact) mass is 471 g/mol. The Labute approximate surface area is 194 Å². The van der Waals surface area contributed by atoms with Crippen molar-refractivity contribution >= 4 is 23.8 Å². The van der Waals surface area contributed by atoms with Crippen molar-refractivity contribution in [3.63, 3.8) is 0 Å². The predicted octanol–water partition coefficient (Wildman–Crippen LogP) is 1.27. The van der Waals surface area contributed by atoms with Gasteiger partial charge in [-0.2, -0.15) is 0 Å². The summed E-state index contributed by atoms with van der Waals surface area (Å²) in [5.41, 5.74) is -2.28. The van der Waals surface area contributed by atoms with Gasteiger partial charge >= 0.3 is 11.9 Å². The fourth-order valence-corrected chi connectivity index (χ4v) is 4.56. The summed E-state index contributed by atoms with van der Waals surface area (Å²) >= 11 is 0. The fraction of sp³-hybridized carbons (Fsp3) is 0.826. The Morgan fingerprint density at radius 2 is 1.73 bits per heavy atom. The molecule has 3 aliphatic rings. The number of amides is 2.